The lowest BCUT2D eigenvalue weighted by atomic mass is 9.79. The highest BCUT2D eigenvalue weighted by Crippen LogP contribution is 2.36. The van der Waals surface area contributed by atoms with Gasteiger partial charge in [-0.1, -0.05) is 25.7 Å². The lowest BCUT2D eigenvalue weighted by Crippen LogP contribution is -2.23. The molecule has 1 aliphatic rings. The molecule has 0 atom stereocenters. The van der Waals surface area contributed by atoms with Gasteiger partial charge in [-0.2, -0.15) is 0 Å². The van der Waals surface area contributed by atoms with E-state index in [1.807, 2.05) is 0 Å². The van der Waals surface area contributed by atoms with Crippen LogP contribution in [0.15, 0.2) is 0 Å². The molecular weight excluding hydrogens is 164 g/mol. The zero-order valence-corrected chi connectivity index (χ0v) is 8.55. The van der Waals surface area contributed by atoms with Gasteiger partial charge < -0.3 is 9.53 Å². The highest BCUT2D eigenvalue weighted by Gasteiger charge is 2.29. The van der Waals surface area contributed by atoms with Crippen molar-refractivity contribution in [2.24, 2.45) is 5.41 Å². The molecule has 0 N–H and O–H groups in total. The predicted molar refractivity (Wildman–Crippen MR) is 52.7 cm³/mol. The van der Waals surface area contributed by atoms with Crippen LogP contribution in [-0.4, -0.2) is 20.0 Å². The molecule has 0 aromatic heterocycles. The van der Waals surface area contributed by atoms with Crippen molar-refractivity contribution in [1.29, 1.82) is 0 Å². The maximum absolute atomic E-state index is 11.1. The summed E-state index contributed by atoms with van der Waals surface area (Å²) in [6.45, 7) is 0.721. The number of carbonyl (C=O) groups is 1. The van der Waals surface area contributed by atoms with Gasteiger partial charge in [-0.05, 0) is 19.3 Å². The van der Waals surface area contributed by atoms with Gasteiger partial charge in [0.15, 0.2) is 0 Å². The van der Waals surface area contributed by atoms with Crippen molar-refractivity contribution in [1.82, 2.24) is 0 Å². The minimum Gasteiger partial charge on any atom is -0.385 e. The second-order valence-corrected chi connectivity index (χ2v) is 4.14. The molecule has 1 aliphatic carbocycles. The number of ether oxygens (including phenoxy) is 1. The molecule has 1 fully saturated rings. The van der Waals surface area contributed by atoms with Crippen LogP contribution in [0.5, 0.6) is 0 Å². The Balaban J connectivity index is 2.48. The minimum absolute atomic E-state index is 0.0491. The Kier molecular flexibility index (Phi) is 4.43. The zero-order valence-electron chi connectivity index (χ0n) is 8.55. The van der Waals surface area contributed by atoms with Crippen LogP contribution in [0.4, 0.5) is 0 Å². The third-order valence-corrected chi connectivity index (χ3v) is 3.15. The number of methoxy groups -OCH3 is 1. The van der Waals surface area contributed by atoms with E-state index in [9.17, 15) is 4.79 Å². The molecule has 0 saturated heterocycles. The Bertz CT molecular complexity index is 146. The molecule has 1 saturated carbocycles. The second-order valence-electron chi connectivity index (χ2n) is 4.14. The Hall–Kier alpha value is -0.370. The van der Waals surface area contributed by atoms with E-state index in [2.05, 4.69) is 0 Å². The molecule has 0 unspecified atom stereocenters. The second kappa shape index (κ2) is 5.38. The number of rotatable bonds is 4. The average molecular weight is 184 g/mol. The Morgan fingerprint density at radius 1 is 1.23 bits per heavy atom. The molecule has 0 bridgehead atoms. The van der Waals surface area contributed by atoms with E-state index in [1.54, 1.807) is 7.11 Å². The van der Waals surface area contributed by atoms with Crippen LogP contribution in [0.2, 0.25) is 0 Å². The Morgan fingerprint density at radius 2 is 1.85 bits per heavy atom. The fraction of sp³-hybridized carbons (Fsp3) is 0.909. The molecule has 2 nitrogen and oxygen atoms in total. The van der Waals surface area contributed by atoms with Crippen molar-refractivity contribution in [2.75, 3.05) is 13.7 Å². The molecular formula is C11H20O2. The van der Waals surface area contributed by atoms with E-state index in [-0.39, 0.29) is 5.41 Å². The van der Waals surface area contributed by atoms with Gasteiger partial charge in [-0.15, -0.1) is 0 Å². The van der Waals surface area contributed by atoms with E-state index in [4.69, 9.17) is 4.74 Å². The molecule has 0 aromatic rings. The largest absolute Gasteiger partial charge is 0.385 e. The molecule has 0 aliphatic heterocycles. The third kappa shape index (κ3) is 3.11. The first kappa shape index (κ1) is 10.7. The Labute approximate surface area is 80.7 Å². The van der Waals surface area contributed by atoms with Gasteiger partial charge in [0, 0.05) is 19.1 Å². The van der Waals surface area contributed by atoms with Crippen molar-refractivity contribution in [3.63, 3.8) is 0 Å². The molecule has 0 spiro atoms. The fourth-order valence-corrected chi connectivity index (χ4v) is 2.16. The quantitative estimate of drug-likeness (QED) is 0.496. The summed E-state index contributed by atoms with van der Waals surface area (Å²) in [6.07, 6.45) is 9.24. The van der Waals surface area contributed by atoms with Crippen LogP contribution in [0.1, 0.15) is 44.9 Å². The standard InChI is InChI=1S/C11H20O2/c1-13-9-8-11(10-12)6-4-2-3-5-7-11/h10H,2-9H2,1H3. The first-order chi connectivity index (χ1) is 6.33. The lowest BCUT2D eigenvalue weighted by Gasteiger charge is -2.25. The van der Waals surface area contributed by atoms with E-state index in [1.165, 1.54) is 32.0 Å². The number of carbonyl (C=O) groups excluding carboxylic acids is 1. The van der Waals surface area contributed by atoms with Gasteiger partial charge in [0.1, 0.15) is 6.29 Å². The summed E-state index contributed by atoms with van der Waals surface area (Å²) in [5.41, 5.74) is -0.0491. The first-order valence-electron chi connectivity index (χ1n) is 5.28. The average Bonchev–Trinajstić information content (AvgIpc) is 2.41. The maximum atomic E-state index is 11.1. The summed E-state index contributed by atoms with van der Waals surface area (Å²) < 4.78 is 5.05. The lowest BCUT2D eigenvalue weighted by molar-refractivity contribution is -0.118. The minimum atomic E-state index is -0.0491. The smallest absolute Gasteiger partial charge is 0.126 e. The van der Waals surface area contributed by atoms with Gasteiger partial charge in [0.2, 0.25) is 0 Å². The van der Waals surface area contributed by atoms with Crippen molar-refractivity contribution in [2.45, 2.75) is 44.9 Å². The van der Waals surface area contributed by atoms with Gasteiger partial charge in [0.25, 0.3) is 0 Å². The van der Waals surface area contributed by atoms with E-state index in [0.29, 0.717) is 0 Å². The number of aldehydes is 1. The van der Waals surface area contributed by atoms with Crippen molar-refractivity contribution in [3.05, 3.63) is 0 Å². The Morgan fingerprint density at radius 3 is 2.31 bits per heavy atom. The molecule has 1 rings (SSSR count). The van der Waals surface area contributed by atoms with Crippen LogP contribution in [0.3, 0.4) is 0 Å². The van der Waals surface area contributed by atoms with E-state index in [0.717, 1.165) is 25.9 Å². The molecule has 13 heavy (non-hydrogen) atoms. The van der Waals surface area contributed by atoms with E-state index < -0.39 is 0 Å². The highest BCUT2D eigenvalue weighted by atomic mass is 16.5. The summed E-state index contributed by atoms with van der Waals surface area (Å²) in [5, 5.41) is 0. The van der Waals surface area contributed by atoms with Crippen LogP contribution in [0, 0.1) is 5.41 Å². The zero-order chi connectivity index (χ0) is 9.57. The summed E-state index contributed by atoms with van der Waals surface area (Å²) in [5.74, 6) is 0. The molecule has 2 heteroatoms. The van der Waals surface area contributed by atoms with Crippen LogP contribution in [-0.2, 0) is 9.53 Å². The SMILES string of the molecule is COCCC1(C=O)CCCCCC1. The predicted octanol–water partition coefficient (Wildman–Crippen LogP) is 2.56. The molecule has 0 amide bonds. The fourth-order valence-electron chi connectivity index (χ4n) is 2.16. The van der Waals surface area contributed by atoms with Gasteiger partial charge >= 0.3 is 0 Å². The summed E-state index contributed by atoms with van der Waals surface area (Å²) in [7, 11) is 1.70. The number of hydrogen-bond acceptors (Lipinski definition) is 2. The van der Waals surface area contributed by atoms with Crippen LogP contribution in [0.25, 0.3) is 0 Å². The van der Waals surface area contributed by atoms with Crippen molar-refractivity contribution in [3.8, 4) is 0 Å². The molecule has 0 heterocycles. The maximum Gasteiger partial charge on any atom is 0.126 e. The van der Waals surface area contributed by atoms with Crippen molar-refractivity contribution >= 4 is 6.29 Å². The monoisotopic (exact) mass is 184 g/mol. The van der Waals surface area contributed by atoms with Gasteiger partial charge in [0.05, 0.1) is 0 Å². The number of hydrogen-bond donors (Lipinski definition) is 0. The first-order valence-corrected chi connectivity index (χ1v) is 5.28. The molecule has 76 valence electrons. The van der Waals surface area contributed by atoms with Gasteiger partial charge in [-0.25, -0.2) is 0 Å². The van der Waals surface area contributed by atoms with Crippen LogP contribution < -0.4 is 0 Å². The molecule has 0 radical (unpaired) electrons. The van der Waals surface area contributed by atoms with Crippen molar-refractivity contribution < 1.29 is 9.53 Å². The highest BCUT2D eigenvalue weighted by molar-refractivity contribution is 5.59. The summed E-state index contributed by atoms with van der Waals surface area (Å²) in [6, 6.07) is 0. The van der Waals surface area contributed by atoms with E-state index >= 15 is 0 Å². The normalized spacial score (nSPS) is 22.2. The summed E-state index contributed by atoms with van der Waals surface area (Å²) >= 11 is 0. The summed E-state index contributed by atoms with van der Waals surface area (Å²) in [4.78, 5) is 11.1. The molecule has 0 aromatic carbocycles. The van der Waals surface area contributed by atoms with Gasteiger partial charge in [-0.3, -0.25) is 0 Å². The van der Waals surface area contributed by atoms with Crippen LogP contribution >= 0.6 is 0 Å². The third-order valence-electron chi connectivity index (χ3n) is 3.15. The topological polar surface area (TPSA) is 26.3 Å².